The van der Waals surface area contributed by atoms with Gasteiger partial charge in [0.2, 0.25) is 5.91 Å². The highest BCUT2D eigenvalue weighted by atomic mass is 19.2. The lowest BCUT2D eigenvalue weighted by Gasteiger charge is -2.25. The first kappa shape index (κ1) is 21.3. The number of hydrogen-bond acceptors (Lipinski definition) is 3. The van der Waals surface area contributed by atoms with E-state index in [0.29, 0.717) is 12.6 Å². The minimum atomic E-state index is -1.25. The van der Waals surface area contributed by atoms with Gasteiger partial charge in [-0.1, -0.05) is 30.3 Å². The smallest absolute Gasteiger partial charge is 0.222 e. The summed E-state index contributed by atoms with van der Waals surface area (Å²) < 4.78 is 40.2. The molecule has 1 aliphatic heterocycles. The zero-order chi connectivity index (χ0) is 20.8. The molecule has 156 valence electrons. The lowest BCUT2D eigenvalue weighted by atomic mass is 10.0. The zero-order valence-corrected chi connectivity index (χ0v) is 16.2. The summed E-state index contributed by atoms with van der Waals surface area (Å²) in [6.45, 7) is 2.73. The largest absolute Gasteiger partial charge is 0.348 e. The molecule has 0 unspecified atom stereocenters. The molecule has 0 saturated carbocycles. The predicted molar refractivity (Wildman–Crippen MR) is 106 cm³/mol. The number of nitrogens with one attached hydrogen (secondary N) is 1. The molecular weight excluding hydrogens is 379 g/mol. The number of amides is 1. The molecule has 2 aromatic carbocycles. The molecule has 29 heavy (non-hydrogen) atoms. The Morgan fingerprint density at radius 3 is 2.38 bits per heavy atom. The summed E-state index contributed by atoms with van der Waals surface area (Å²) in [6.07, 6.45) is 2.21. The second-order valence-corrected chi connectivity index (χ2v) is 7.56. The van der Waals surface area contributed by atoms with Gasteiger partial charge in [0.15, 0.2) is 11.6 Å². The summed E-state index contributed by atoms with van der Waals surface area (Å²) in [5.74, 6) is -3.50. The van der Waals surface area contributed by atoms with E-state index in [2.05, 4.69) is 10.2 Å². The topological polar surface area (TPSA) is 58.4 Å². The van der Waals surface area contributed by atoms with Crippen molar-refractivity contribution in [3.63, 3.8) is 0 Å². The maximum Gasteiger partial charge on any atom is 0.222 e. The molecule has 0 aromatic heterocycles. The quantitative estimate of drug-likeness (QED) is 0.663. The minimum Gasteiger partial charge on any atom is -0.348 e. The molecule has 1 saturated heterocycles. The van der Waals surface area contributed by atoms with Gasteiger partial charge in [0.1, 0.15) is 5.82 Å². The average molecular weight is 405 g/mol. The lowest BCUT2D eigenvalue weighted by Crippen LogP contribution is -2.39. The van der Waals surface area contributed by atoms with Gasteiger partial charge < -0.3 is 16.0 Å². The molecule has 7 heteroatoms. The average Bonchev–Trinajstić information content (AvgIpc) is 3.19. The molecule has 3 N–H and O–H groups in total. The van der Waals surface area contributed by atoms with Crippen LogP contribution in [0.25, 0.3) is 0 Å². The number of hydrogen-bond donors (Lipinski definition) is 2. The van der Waals surface area contributed by atoms with E-state index in [9.17, 15) is 18.0 Å². The molecule has 2 atom stereocenters. The third kappa shape index (κ3) is 6.05. The second-order valence-electron chi connectivity index (χ2n) is 7.56. The van der Waals surface area contributed by atoms with Crippen LogP contribution in [0.2, 0.25) is 0 Å². The van der Waals surface area contributed by atoms with Gasteiger partial charge in [0.05, 0.1) is 6.04 Å². The van der Waals surface area contributed by atoms with Gasteiger partial charge in [-0.05, 0) is 49.5 Å². The van der Waals surface area contributed by atoms with Gasteiger partial charge in [-0.3, -0.25) is 4.79 Å². The molecule has 3 rings (SSSR count). The van der Waals surface area contributed by atoms with Gasteiger partial charge in [-0.15, -0.1) is 0 Å². The van der Waals surface area contributed by atoms with Gasteiger partial charge in [0, 0.05) is 25.1 Å². The minimum absolute atomic E-state index is 0.0399. The molecule has 1 heterocycles. The highest BCUT2D eigenvalue weighted by Gasteiger charge is 2.22. The number of carbonyl (C=O) groups is 1. The van der Waals surface area contributed by atoms with Gasteiger partial charge in [0.25, 0.3) is 0 Å². The Kier molecular flexibility index (Phi) is 7.28. The number of rotatable bonds is 8. The summed E-state index contributed by atoms with van der Waals surface area (Å²) in [6, 6.07) is 10.1. The van der Waals surface area contributed by atoms with Crippen LogP contribution in [0.15, 0.2) is 42.5 Å². The van der Waals surface area contributed by atoms with Gasteiger partial charge >= 0.3 is 0 Å². The molecule has 1 amide bonds. The Labute approximate surface area is 168 Å². The molecule has 4 nitrogen and oxygen atoms in total. The number of benzene rings is 2. The van der Waals surface area contributed by atoms with Crippen LogP contribution in [0.1, 0.15) is 36.4 Å². The zero-order valence-electron chi connectivity index (χ0n) is 16.2. The fourth-order valence-electron chi connectivity index (χ4n) is 3.71. The number of carbonyl (C=O) groups excluding carboxylic acids is 1. The van der Waals surface area contributed by atoms with Crippen molar-refractivity contribution in [1.29, 1.82) is 0 Å². The molecular formula is C22H26F3N3O. The van der Waals surface area contributed by atoms with Crippen LogP contribution in [0.4, 0.5) is 13.2 Å². The Bertz CT molecular complexity index is 826. The van der Waals surface area contributed by atoms with E-state index in [0.717, 1.165) is 37.6 Å². The Hall–Kier alpha value is -2.38. The molecule has 0 spiro atoms. The van der Waals surface area contributed by atoms with Crippen molar-refractivity contribution in [2.24, 2.45) is 5.73 Å². The van der Waals surface area contributed by atoms with E-state index >= 15 is 0 Å². The summed E-state index contributed by atoms with van der Waals surface area (Å²) in [5, 5.41) is 3.02. The highest BCUT2D eigenvalue weighted by molar-refractivity contribution is 5.77. The van der Waals surface area contributed by atoms with Crippen LogP contribution < -0.4 is 11.1 Å². The molecule has 0 aliphatic carbocycles. The maximum absolute atomic E-state index is 13.8. The van der Waals surface area contributed by atoms with E-state index < -0.39 is 23.5 Å². The third-order valence-electron chi connectivity index (χ3n) is 5.20. The van der Waals surface area contributed by atoms with Crippen LogP contribution >= 0.6 is 0 Å². The third-order valence-corrected chi connectivity index (χ3v) is 5.20. The number of likely N-dealkylation sites (tertiary alicyclic amines) is 1. The number of nitrogens with zero attached hydrogens (tertiary/aromatic N) is 1. The van der Waals surface area contributed by atoms with E-state index in [4.69, 9.17) is 5.73 Å². The Balaban J connectivity index is 1.61. The normalized spacial score (nSPS) is 16.6. The first-order valence-electron chi connectivity index (χ1n) is 9.88. The molecule has 1 fully saturated rings. The first-order valence-corrected chi connectivity index (χ1v) is 9.88. The van der Waals surface area contributed by atoms with Crippen molar-refractivity contribution < 1.29 is 18.0 Å². The monoisotopic (exact) mass is 405 g/mol. The van der Waals surface area contributed by atoms with Gasteiger partial charge in [-0.2, -0.15) is 0 Å². The van der Waals surface area contributed by atoms with Crippen LogP contribution in [0.3, 0.4) is 0 Å². The number of halogens is 3. The first-order chi connectivity index (χ1) is 13.9. The standard InChI is InChI=1S/C22H26F3N3O/c23-18-13-20(25)19(24)11-16(18)10-17(26)12-22(29)27-21(14-28-8-4-5-9-28)15-6-2-1-3-7-15/h1-3,6-7,11,13,17,21H,4-5,8-10,12,14,26H2,(H,27,29)/t17-,21+/m1/s1. The molecule has 2 aromatic rings. The van der Waals surface area contributed by atoms with Crippen molar-refractivity contribution in [3.05, 3.63) is 71.0 Å². The van der Waals surface area contributed by atoms with Crippen LogP contribution in [0, 0.1) is 17.5 Å². The summed E-state index contributed by atoms with van der Waals surface area (Å²) in [7, 11) is 0. The Morgan fingerprint density at radius 2 is 1.69 bits per heavy atom. The number of nitrogens with two attached hydrogens (primary N) is 1. The van der Waals surface area contributed by atoms with E-state index in [1.807, 2.05) is 30.3 Å². The molecule has 0 radical (unpaired) electrons. The van der Waals surface area contributed by atoms with Crippen molar-refractivity contribution in [3.8, 4) is 0 Å². The maximum atomic E-state index is 13.8. The SMILES string of the molecule is N[C@@H](CC(=O)N[C@@H](CN1CCCC1)c1ccccc1)Cc1cc(F)c(F)cc1F. The van der Waals surface area contributed by atoms with Crippen LogP contribution in [-0.2, 0) is 11.2 Å². The molecule has 1 aliphatic rings. The highest BCUT2D eigenvalue weighted by Crippen LogP contribution is 2.19. The predicted octanol–water partition coefficient (Wildman–Crippen LogP) is 3.32. The van der Waals surface area contributed by atoms with Crippen molar-refractivity contribution >= 4 is 5.91 Å². The van der Waals surface area contributed by atoms with Crippen LogP contribution in [-0.4, -0.2) is 36.5 Å². The van der Waals surface area contributed by atoms with Crippen molar-refractivity contribution in [1.82, 2.24) is 10.2 Å². The second kappa shape index (κ2) is 9.89. The van der Waals surface area contributed by atoms with E-state index in [1.165, 1.54) is 0 Å². The summed E-state index contributed by atoms with van der Waals surface area (Å²) in [4.78, 5) is 14.9. The summed E-state index contributed by atoms with van der Waals surface area (Å²) >= 11 is 0. The fraction of sp³-hybridized carbons (Fsp3) is 0.409. The molecule has 0 bridgehead atoms. The van der Waals surface area contributed by atoms with Crippen molar-refractivity contribution in [2.45, 2.75) is 37.8 Å². The van der Waals surface area contributed by atoms with Crippen LogP contribution in [0.5, 0.6) is 0 Å². The van der Waals surface area contributed by atoms with Gasteiger partial charge in [-0.25, -0.2) is 13.2 Å². The fourth-order valence-corrected chi connectivity index (χ4v) is 3.71. The van der Waals surface area contributed by atoms with E-state index in [1.54, 1.807) is 0 Å². The van der Waals surface area contributed by atoms with E-state index in [-0.39, 0.29) is 30.4 Å². The summed E-state index contributed by atoms with van der Waals surface area (Å²) in [5.41, 5.74) is 6.95. The Morgan fingerprint density at radius 1 is 1.03 bits per heavy atom. The lowest BCUT2D eigenvalue weighted by molar-refractivity contribution is -0.122. The van der Waals surface area contributed by atoms with Crippen molar-refractivity contribution in [2.75, 3.05) is 19.6 Å².